The fourth-order valence-corrected chi connectivity index (χ4v) is 4.67. The van der Waals surface area contributed by atoms with E-state index < -0.39 is 17.5 Å². The first kappa shape index (κ1) is 28.8. The van der Waals surface area contributed by atoms with Crippen molar-refractivity contribution < 1.29 is 14.4 Å². The molecule has 0 atom stereocenters. The van der Waals surface area contributed by atoms with E-state index in [2.05, 4.69) is 26.0 Å². The molecule has 0 spiro atoms. The molecule has 11 nitrogen and oxygen atoms in total. The number of aromatic nitrogens is 3. The number of carbonyl (C=O) groups is 3. The summed E-state index contributed by atoms with van der Waals surface area (Å²) in [6, 6.07) is 12.8. The van der Waals surface area contributed by atoms with E-state index in [0.717, 1.165) is 12.8 Å². The number of anilines is 2. The Kier molecular flexibility index (Phi) is 8.23. The number of urea groups is 1. The number of rotatable bonds is 8. The van der Waals surface area contributed by atoms with E-state index in [9.17, 15) is 19.2 Å². The molecule has 5 N–H and O–H groups in total. The van der Waals surface area contributed by atoms with Crippen molar-refractivity contribution in [3.05, 3.63) is 92.5 Å². The number of hydrogen-bond donors (Lipinski definition) is 4. The van der Waals surface area contributed by atoms with Gasteiger partial charge in [0.1, 0.15) is 5.69 Å². The van der Waals surface area contributed by atoms with Gasteiger partial charge in [0.2, 0.25) is 5.91 Å². The van der Waals surface area contributed by atoms with Crippen molar-refractivity contribution in [2.75, 3.05) is 10.6 Å². The van der Waals surface area contributed by atoms with E-state index in [4.69, 9.17) is 28.9 Å². The van der Waals surface area contributed by atoms with Crippen LogP contribution in [-0.2, 0) is 6.54 Å². The number of nitrogens with one attached hydrogen (secondary N) is 3. The highest BCUT2D eigenvalue weighted by molar-refractivity contribution is 6.39. The van der Waals surface area contributed by atoms with Gasteiger partial charge < -0.3 is 21.7 Å². The molecule has 5 rings (SSSR count). The molecule has 1 fully saturated rings. The highest BCUT2D eigenvalue weighted by Crippen LogP contribution is 2.30. The molecule has 42 heavy (non-hydrogen) atoms. The maximum atomic E-state index is 13.0. The van der Waals surface area contributed by atoms with Gasteiger partial charge >= 0.3 is 6.03 Å². The van der Waals surface area contributed by atoms with Crippen LogP contribution >= 0.6 is 23.2 Å². The van der Waals surface area contributed by atoms with Crippen molar-refractivity contribution in [3.8, 4) is 22.4 Å². The second-order valence-corrected chi connectivity index (χ2v) is 10.4. The number of nitrogens with zero attached hydrogens (tertiary/aromatic N) is 3. The lowest BCUT2D eigenvalue weighted by Gasteiger charge is -2.13. The number of halogens is 2. The summed E-state index contributed by atoms with van der Waals surface area (Å²) in [5.41, 5.74) is 7.98. The van der Waals surface area contributed by atoms with Crippen LogP contribution < -0.4 is 27.2 Å². The second kappa shape index (κ2) is 12.0. The topological polar surface area (TPSA) is 161 Å². The minimum atomic E-state index is -0.740. The third-order valence-electron chi connectivity index (χ3n) is 6.50. The lowest BCUT2D eigenvalue weighted by atomic mass is 9.97. The number of benzene rings is 2. The van der Waals surface area contributed by atoms with E-state index in [1.54, 1.807) is 37.3 Å². The molecular formula is C29H25Cl2N7O4. The molecule has 1 saturated carbocycles. The maximum absolute atomic E-state index is 13.0. The van der Waals surface area contributed by atoms with E-state index in [1.807, 2.05) is 6.07 Å². The highest BCUT2D eigenvalue weighted by Gasteiger charge is 2.24. The molecule has 0 unspecified atom stereocenters. The second-order valence-electron chi connectivity index (χ2n) is 9.61. The van der Waals surface area contributed by atoms with E-state index >= 15 is 0 Å². The van der Waals surface area contributed by atoms with Crippen LogP contribution in [0.2, 0.25) is 10.0 Å². The van der Waals surface area contributed by atoms with Crippen LogP contribution in [0.25, 0.3) is 22.4 Å². The summed E-state index contributed by atoms with van der Waals surface area (Å²) in [7, 11) is 0. The number of pyridine rings is 1. The van der Waals surface area contributed by atoms with Crippen LogP contribution in [0, 0.1) is 0 Å². The molecule has 0 bridgehead atoms. The molecular weight excluding hydrogens is 581 g/mol. The fourth-order valence-electron chi connectivity index (χ4n) is 4.21. The summed E-state index contributed by atoms with van der Waals surface area (Å²) in [5, 5.41) is 12.7. The quantitative estimate of drug-likeness (QED) is 0.222. The highest BCUT2D eigenvalue weighted by atomic mass is 35.5. The van der Waals surface area contributed by atoms with Crippen molar-refractivity contribution in [1.29, 1.82) is 0 Å². The van der Waals surface area contributed by atoms with Gasteiger partial charge in [-0.15, -0.1) is 0 Å². The van der Waals surface area contributed by atoms with Crippen LogP contribution in [0.1, 0.15) is 40.5 Å². The first-order chi connectivity index (χ1) is 20.1. The van der Waals surface area contributed by atoms with Gasteiger partial charge in [0, 0.05) is 41.7 Å². The van der Waals surface area contributed by atoms with Crippen LogP contribution in [0.4, 0.5) is 16.2 Å². The third-order valence-corrected chi connectivity index (χ3v) is 7.07. The van der Waals surface area contributed by atoms with Crippen molar-refractivity contribution >= 4 is 52.4 Å². The zero-order valence-corrected chi connectivity index (χ0v) is 23.8. The zero-order valence-electron chi connectivity index (χ0n) is 22.3. The monoisotopic (exact) mass is 605 g/mol. The van der Waals surface area contributed by atoms with Crippen molar-refractivity contribution in [1.82, 2.24) is 20.1 Å². The van der Waals surface area contributed by atoms with Gasteiger partial charge in [-0.2, -0.15) is 5.10 Å². The number of carbonyl (C=O) groups excluding carboxylic acids is 3. The summed E-state index contributed by atoms with van der Waals surface area (Å²) in [5.74, 6) is -0.938. The van der Waals surface area contributed by atoms with Crippen molar-refractivity contribution in [2.24, 2.45) is 5.73 Å². The van der Waals surface area contributed by atoms with Crippen LogP contribution in [-0.4, -0.2) is 38.7 Å². The van der Waals surface area contributed by atoms with Gasteiger partial charge in [0.05, 0.1) is 21.4 Å². The van der Waals surface area contributed by atoms with Crippen LogP contribution in [0.5, 0.6) is 0 Å². The summed E-state index contributed by atoms with van der Waals surface area (Å²) in [6.45, 7) is 1.99. The Morgan fingerprint density at radius 3 is 2.31 bits per heavy atom. The Morgan fingerprint density at radius 1 is 0.952 bits per heavy atom. The number of primary amides is 1. The minimum Gasteiger partial charge on any atom is -0.366 e. The Morgan fingerprint density at radius 2 is 1.64 bits per heavy atom. The molecule has 0 radical (unpaired) electrons. The Hall–Kier alpha value is -4.74. The van der Waals surface area contributed by atoms with Gasteiger partial charge in [-0.3, -0.25) is 19.4 Å². The lowest BCUT2D eigenvalue weighted by Crippen LogP contribution is -2.29. The molecule has 1 aliphatic rings. The molecule has 2 heterocycles. The predicted octanol–water partition coefficient (Wildman–Crippen LogP) is 4.93. The summed E-state index contributed by atoms with van der Waals surface area (Å²) in [4.78, 5) is 54.4. The number of amides is 4. The van der Waals surface area contributed by atoms with E-state index in [1.165, 1.54) is 29.2 Å². The van der Waals surface area contributed by atoms with Crippen molar-refractivity contribution in [2.45, 2.75) is 32.4 Å². The first-order valence-corrected chi connectivity index (χ1v) is 13.7. The molecule has 214 valence electrons. The summed E-state index contributed by atoms with van der Waals surface area (Å²) >= 11 is 12.2. The fraction of sp³-hybridized carbons (Fsp3) is 0.172. The molecule has 0 saturated heterocycles. The molecule has 2 aromatic heterocycles. The molecule has 1 aliphatic carbocycles. The van der Waals surface area contributed by atoms with E-state index in [0.29, 0.717) is 27.9 Å². The third kappa shape index (κ3) is 6.42. The lowest BCUT2D eigenvalue weighted by molar-refractivity contribution is 0.0951. The van der Waals surface area contributed by atoms with Crippen molar-refractivity contribution in [3.63, 3.8) is 0 Å². The Balaban J connectivity index is 1.48. The standard InChI is InChI=1S/C29H25Cl2N7O4/c1-2-38-28(41)24(35-29(42)36-25-21(30)13-33-14-22(25)31)12-23(37-38)16-5-3-4-15(8-16)17-9-18(26(32)39)11-19(10-17)27(40)34-20-6-7-20/h3-5,8-14,20H,2,6-7H2,1H3,(H2,32,39)(H,34,40)(H2,33,35,36,42). The van der Waals surface area contributed by atoms with Crippen LogP contribution in [0.3, 0.4) is 0 Å². The smallest absolute Gasteiger partial charge is 0.323 e. The van der Waals surface area contributed by atoms with Gasteiger partial charge in [0.25, 0.3) is 11.5 Å². The normalized spacial score (nSPS) is 12.5. The Labute approximate surface area is 250 Å². The molecule has 0 aliphatic heterocycles. The number of aryl methyl sites for hydroxylation is 1. The largest absolute Gasteiger partial charge is 0.366 e. The maximum Gasteiger partial charge on any atom is 0.323 e. The average molecular weight is 606 g/mol. The van der Waals surface area contributed by atoms with Gasteiger partial charge in [-0.05, 0) is 61.2 Å². The van der Waals surface area contributed by atoms with Gasteiger partial charge in [0.15, 0.2) is 0 Å². The zero-order chi connectivity index (χ0) is 30.0. The van der Waals surface area contributed by atoms with Gasteiger partial charge in [-0.25, -0.2) is 9.48 Å². The molecule has 4 aromatic rings. The Bertz CT molecular complexity index is 1770. The molecule has 2 aromatic carbocycles. The van der Waals surface area contributed by atoms with E-state index in [-0.39, 0.29) is 45.5 Å². The number of nitrogens with two attached hydrogens (primary N) is 1. The average Bonchev–Trinajstić information content (AvgIpc) is 3.80. The summed E-state index contributed by atoms with van der Waals surface area (Å²) in [6.07, 6.45) is 4.50. The molecule has 4 amide bonds. The van der Waals surface area contributed by atoms with Gasteiger partial charge in [-0.1, -0.05) is 41.4 Å². The number of hydrogen-bond acceptors (Lipinski definition) is 6. The first-order valence-electron chi connectivity index (χ1n) is 13.0. The SMILES string of the molecule is CCn1nc(-c2cccc(-c3cc(C(N)=O)cc(C(=O)NC4CC4)c3)c2)cc(NC(=O)Nc2c(Cl)cncc2Cl)c1=O. The van der Waals surface area contributed by atoms with Crippen LogP contribution in [0.15, 0.2) is 65.7 Å². The predicted molar refractivity (Wildman–Crippen MR) is 161 cm³/mol. The minimum absolute atomic E-state index is 0.0270. The molecule has 13 heteroatoms. The summed E-state index contributed by atoms with van der Waals surface area (Å²) < 4.78 is 1.22.